The summed E-state index contributed by atoms with van der Waals surface area (Å²) in [4.78, 5) is 26.6. The van der Waals surface area contributed by atoms with E-state index in [0.717, 1.165) is 91.0 Å². The predicted octanol–water partition coefficient (Wildman–Crippen LogP) is 22.4. The number of rotatable bonds is 11. The Bertz CT molecular complexity index is 4290. The molecule has 6 heterocycles. The van der Waals surface area contributed by atoms with Crippen LogP contribution in [0.1, 0.15) is 36.5 Å². The zero-order chi connectivity index (χ0) is 67.1. The molecule has 0 unspecified atom stereocenters. The van der Waals surface area contributed by atoms with E-state index in [1.165, 1.54) is 38.9 Å². The maximum Gasteiger partial charge on any atom is 0.0299 e. The summed E-state index contributed by atoms with van der Waals surface area (Å²) in [5.41, 5.74) is 23.8. The van der Waals surface area contributed by atoms with Crippen LogP contribution in [0.5, 0.6) is 0 Å². The zero-order valence-corrected chi connectivity index (χ0v) is 63.5. The Morgan fingerprint density at radius 2 is 0.600 bits per heavy atom. The van der Waals surface area contributed by atoms with E-state index in [1.54, 1.807) is 18.6 Å². The second-order valence-electron chi connectivity index (χ2n) is 23.0. The molecule has 15 aromatic rings. The monoisotopic (exact) mass is 1830 g/mol. The van der Waals surface area contributed by atoms with E-state index >= 15 is 0 Å². The number of aryl methyl sites for hydroxylation is 3. The average molecular weight is 1830 g/mol. The topological polar surface area (TPSA) is 77.3 Å². The molecule has 0 bridgehead atoms. The van der Waals surface area contributed by atoms with Gasteiger partial charge in [-0.25, -0.2) is 0 Å². The van der Waals surface area contributed by atoms with Crippen molar-refractivity contribution in [1.82, 2.24) is 29.9 Å². The fourth-order valence-corrected chi connectivity index (χ4v) is 10.3. The Hall–Kier alpha value is -10.2. The number of hydrogen-bond acceptors (Lipinski definition) is 6. The SMILES string of the molecule is CC(C)Cc1cccc(-c2[c-]cccc2)n1.Cc1cc(C)nc(-c2[c-]cccc2)c1.Cc1cccc(-c2[c-]cccc2)n1.[Ir].[Ir].[Ir].[c-]1ccc(-c2ccccc2)cc1-c1ccccn1.[c-]1ccc(-c2ccccc2)cc1-c1ccccn1.[c-]1ccc(-c2ccccc2)cc1-c1ccccn1. The van der Waals surface area contributed by atoms with Gasteiger partial charge in [-0.05, 0) is 120 Å². The first-order valence-electron chi connectivity index (χ1n) is 32.4. The van der Waals surface area contributed by atoms with Gasteiger partial charge in [0.15, 0.2) is 0 Å². The summed E-state index contributed by atoms with van der Waals surface area (Å²) in [6, 6.07) is 127. The van der Waals surface area contributed by atoms with Crippen molar-refractivity contribution >= 4 is 0 Å². The second kappa shape index (κ2) is 41.9. The van der Waals surface area contributed by atoms with Crippen molar-refractivity contribution in [2.45, 2.75) is 41.0 Å². The number of nitrogens with zero attached hydrogens (tertiary/aromatic N) is 6. The van der Waals surface area contributed by atoms with Crippen molar-refractivity contribution < 1.29 is 60.3 Å². The molecule has 0 saturated carbocycles. The third kappa shape index (κ3) is 24.7. The van der Waals surface area contributed by atoms with Crippen LogP contribution in [0.2, 0.25) is 0 Å². The molecule has 0 aliphatic carbocycles. The molecule has 100 heavy (non-hydrogen) atoms. The maximum absolute atomic E-state index is 4.65. The Morgan fingerprint density at radius 3 is 0.950 bits per heavy atom. The number of aromatic nitrogens is 6. The fourth-order valence-electron chi connectivity index (χ4n) is 10.3. The molecule has 0 amide bonds. The minimum Gasteiger partial charge on any atom is -0.305 e. The van der Waals surface area contributed by atoms with E-state index in [-0.39, 0.29) is 60.3 Å². The Morgan fingerprint density at radius 1 is 0.260 bits per heavy atom. The second-order valence-corrected chi connectivity index (χ2v) is 23.0. The molecular formula is C91H74Ir3N6-6. The van der Waals surface area contributed by atoms with E-state index in [2.05, 4.69) is 184 Å². The van der Waals surface area contributed by atoms with Gasteiger partial charge in [0.1, 0.15) is 0 Å². The van der Waals surface area contributed by atoms with Gasteiger partial charge in [-0.3, -0.25) is 0 Å². The number of pyridine rings is 6. The van der Waals surface area contributed by atoms with Crippen LogP contribution in [-0.4, -0.2) is 29.9 Å². The molecule has 15 rings (SSSR count). The van der Waals surface area contributed by atoms with Gasteiger partial charge in [0, 0.05) is 96.0 Å². The van der Waals surface area contributed by atoms with Gasteiger partial charge < -0.3 is 29.9 Å². The molecular weight excluding hydrogens is 1750 g/mol. The van der Waals surface area contributed by atoms with Crippen LogP contribution < -0.4 is 0 Å². The molecule has 0 spiro atoms. The number of benzene rings is 9. The quantitative estimate of drug-likeness (QED) is 0.120. The standard InChI is InChI=1S/3C17H12N.C15H16N.C13H12N.C12H10N.3Ir/c3*1-2-7-14(8-3-1)15-9-6-10-16(13-15)17-11-4-5-12-18-17;1-12(2)11-14-9-6-10-15(16-14)13-7-4-3-5-8-13;1-10-8-11(2)14-13(9-10)12-6-4-3-5-7-12;1-10-6-5-9-12(13-10)11-7-3-2-4-8-11;;;/h3*1-9,11-13H;3-7,9-10,12H,11H2,1-2H3;3-6,8-9H,1-2H3;2-7,9H,1H3;;;/q6*-1;;;. The first-order chi connectivity index (χ1) is 47.7. The van der Waals surface area contributed by atoms with Crippen LogP contribution in [-0.2, 0) is 66.7 Å². The largest absolute Gasteiger partial charge is 0.305 e. The molecule has 501 valence electrons. The van der Waals surface area contributed by atoms with Crippen molar-refractivity contribution in [2.75, 3.05) is 0 Å². The van der Waals surface area contributed by atoms with Crippen LogP contribution in [0.4, 0.5) is 0 Å². The molecule has 9 aromatic carbocycles. The summed E-state index contributed by atoms with van der Waals surface area (Å²) < 4.78 is 0. The third-order valence-electron chi connectivity index (χ3n) is 14.9. The Balaban J connectivity index is 0.000000168. The van der Waals surface area contributed by atoms with Crippen molar-refractivity contribution in [2.24, 2.45) is 5.92 Å². The van der Waals surface area contributed by atoms with Crippen molar-refractivity contribution in [3.63, 3.8) is 0 Å². The maximum atomic E-state index is 4.65. The van der Waals surface area contributed by atoms with E-state index in [0.29, 0.717) is 5.92 Å². The fraction of sp³-hybridized carbons (Fsp3) is 0.0769. The van der Waals surface area contributed by atoms with Crippen LogP contribution in [0.15, 0.2) is 340 Å². The van der Waals surface area contributed by atoms with Gasteiger partial charge in [0.25, 0.3) is 0 Å². The molecule has 0 aliphatic heterocycles. The van der Waals surface area contributed by atoms with Gasteiger partial charge in [0.2, 0.25) is 0 Å². The summed E-state index contributed by atoms with van der Waals surface area (Å²) in [6.45, 7) is 10.5. The third-order valence-corrected chi connectivity index (χ3v) is 14.9. The van der Waals surface area contributed by atoms with E-state index < -0.39 is 0 Å². The minimum atomic E-state index is 0. The Labute approximate surface area is 632 Å². The van der Waals surface area contributed by atoms with Gasteiger partial charge in [-0.1, -0.05) is 177 Å². The van der Waals surface area contributed by atoms with Crippen LogP contribution in [0.25, 0.3) is 101 Å². The summed E-state index contributed by atoms with van der Waals surface area (Å²) >= 11 is 0. The minimum absolute atomic E-state index is 0. The molecule has 0 atom stereocenters. The first-order valence-corrected chi connectivity index (χ1v) is 32.4. The number of hydrogen-bond donors (Lipinski definition) is 0. The average Bonchev–Trinajstić information content (AvgIpc) is 0.870. The molecule has 3 radical (unpaired) electrons. The van der Waals surface area contributed by atoms with E-state index in [4.69, 9.17) is 0 Å². The summed E-state index contributed by atoms with van der Waals surface area (Å²) in [5.74, 6) is 0.641. The smallest absolute Gasteiger partial charge is 0.0299 e. The van der Waals surface area contributed by atoms with Gasteiger partial charge in [-0.15, -0.1) is 214 Å². The van der Waals surface area contributed by atoms with Crippen LogP contribution in [0, 0.1) is 63.1 Å². The zero-order valence-electron chi connectivity index (χ0n) is 56.3. The molecule has 0 saturated heterocycles. The van der Waals surface area contributed by atoms with Gasteiger partial charge in [-0.2, -0.15) is 0 Å². The molecule has 6 nitrogen and oxygen atoms in total. The van der Waals surface area contributed by atoms with Gasteiger partial charge in [0.05, 0.1) is 0 Å². The van der Waals surface area contributed by atoms with Gasteiger partial charge >= 0.3 is 0 Å². The van der Waals surface area contributed by atoms with Crippen molar-refractivity contribution in [3.05, 3.63) is 399 Å². The predicted molar refractivity (Wildman–Crippen MR) is 400 cm³/mol. The van der Waals surface area contributed by atoms with Crippen molar-refractivity contribution in [1.29, 1.82) is 0 Å². The summed E-state index contributed by atoms with van der Waals surface area (Å²) in [5, 5.41) is 0. The molecule has 6 aromatic heterocycles. The summed E-state index contributed by atoms with van der Waals surface area (Å²) in [6.07, 6.45) is 6.44. The molecule has 0 aliphatic rings. The van der Waals surface area contributed by atoms with Crippen LogP contribution >= 0.6 is 0 Å². The van der Waals surface area contributed by atoms with Crippen LogP contribution in [0.3, 0.4) is 0 Å². The van der Waals surface area contributed by atoms with Crippen molar-refractivity contribution in [3.8, 4) is 101 Å². The normalized spacial score (nSPS) is 9.94. The molecule has 9 heteroatoms. The van der Waals surface area contributed by atoms with E-state index in [9.17, 15) is 0 Å². The first kappa shape index (κ1) is 77.2. The summed E-state index contributed by atoms with van der Waals surface area (Å²) in [7, 11) is 0. The Kier molecular flexibility index (Phi) is 32.4. The van der Waals surface area contributed by atoms with E-state index in [1.807, 2.05) is 238 Å². The molecule has 0 fully saturated rings. The molecule has 0 N–H and O–H groups in total.